The number of aryl methyl sites for hydroxylation is 1. The molecule has 2 heterocycles. The number of fused-ring (bicyclic) bond motifs is 1. The number of benzene rings is 1. The van der Waals surface area contributed by atoms with Crippen molar-refractivity contribution in [3.05, 3.63) is 41.6 Å². The molecular weight excluding hydrogens is 368 g/mol. The highest BCUT2D eigenvalue weighted by Gasteiger charge is 2.30. The van der Waals surface area contributed by atoms with Crippen LogP contribution in [0.1, 0.15) is 30.5 Å². The quantitative estimate of drug-likeness (QED) is 0.782. The third kappa shape index (κ3) is 4.23. The Morgan fingerprint density at radius 2 is 2.00 bits per heavy atom. The van der Waals surface area contributed by atoms with Crippen molar-refractivity contribution in [2.24, 2.45) is 5.92 Å². The molecule has 29 heavy (non-hydrogen) atoms. The molecule has 1 aromatic heterocycles. The van der Waals surface area contributed by atoms with Crippen LogP contribution in [-0.4, -0.2) is 48.6 Å². The van der Waals surface area contributed by atoms with Gasteiger partial charge in [-0.2, -0.15) is 0 Å². The lowest BCUT2D eigenvalue weighted by molar-refractivity contribution is -0.141. The normalized spacial score (nSPS) is 18.2. The maximum absolute atomic E-state index is 12.5. The van der Waals surface area contributed by atoms with Gasteiger partial charge in [-0.1, -0.05) is 30.3 Å². The minimum atomic E-state index is -0.438. The average molecular weight is 394 g/mol. The Hall–Kier alpha value is -2.96. The number of hydrogen-bond donors (Lipinski definition) is 1. The summed E-state index contributed by atoms with van der Waals surface area (Å²) in [5.41, 5.74) is 3.36. The number of amides is 1. The third-order valence-electron chi connectivity index (χ3n) is 5.67. The molecule has 1 fully saturated rings. The second-order valence-electron chi connectivity index (χ2n) is 7.59. The predicted octanol–water partition coefficient (Wildman–Crippen LogP) is 2.14. The van der Waals surface area contributed by atoms with E-state index in [2.05, 4.69) is 15.0 Å². The first-order valence-corrected chi connectivity index (χ1v) is 10.2. The van der Waals surface area contributed by atoms with Crippen molar-refractivity contribution < 1.29 is 14.3 Å². The standard InChI is InChI=1S/C22H26N4O3/c1-29-19(27)13-23-22(28)16-9-6-12-26(14-16)21-17-10-5-11-18(17)24-20(25-21)15-7-3-2-4-8-15/h2-4,7-8,16H,5-6,9-14H2,1H3,(H,23,28)/t16-/m0/s1. The van der Waals surface area contributed by atoms with Gasteiger partial charge in [0, 0.05) is 29.9 Å². The van der Waals surface area contributed by atoms with Gasteiger partial charge in [-0.25, -0.2) is 9.97 Å². The van der Waals surface area contributed by atoms with Gasteiger partial charge in [0.15, 0.2) is 5.82 Å². The van der Waals surface area contributed by atoms with Crippen LogP contribution in [0.15, 0.2) is 30.3 Å². The lowest BCUT2D eigenvalue weighted by Crippen LogP contribution is -2.45. The number of methoxy groups -OCH3 is 1. The molecule has 0 saturated carbocycles. The molecule has 152 valence electrons. The number of rotatable bonds is 5. The highest BCUT2D eigenvalue weighted by atomic mass is 16.5. The van der Waals surface area contributed by atoms with Crippen molar-refractivity contribution >= 4 is 17.7 Å². The number of carbonyl (C=O) groups is 2. The Morgan fingerprint density at radius 3 is 2.79 bits per heavy atom. The largest absolute Gasteiger partial charge is 0.468 e. The van der Waals surface area contributed by atoms with Crippen molar-refractivity contribution in [3.8, 4) is 11.4 Å². The van der Waals surface area contributed by atoms with Gasteiger partial charge in [0.2, 0.25) is 5.91 Å². The zero-order valence-corrected chi connectivity index (χ0v) is 16.7. The summed E-state index contributed by atoms with van der Waals surface area (Å²) in [6, 6.07) is 10.0. The fourth-order valence-electron chi connectivity index (χ4n) is 4.15. The molecule has 2 aromatic rings. The van der Waals surface area contributed by atoms with Crippen LogP contribution in [-0.2, 0) is 27.2 Å². The van der Waals surface area contributed by atoms with Crippen LogP contribution >= 0.6 is 0 Å². The molecule has 0 bridgehead atoms. The van der Waals surface area contributed by atoms with Crippen LogP contribution < -0.4 is 10.2 Å². The monoisotopic (exact) mass is 394 g/mol. The second kappa shape index (κ2) is 8.59. The van der Waals surface area contributed by atoms with Crippen molar-refractivity contribution in [1.29, 1.82) is 0 Å². The predicted molar refractivity (Wildman–Crippen MR) is 109 cm³/mol. The minimum absolute atomic E-state index is 0.0904. The molecule has 1 aliphatic heterocycles. The number of piperidine rings is 1. The summed E-state index contributed by atoms with van der Waals surface area (Å²) in [7, 11) is 1.32. The molecule has 0 spiro atoms. The molecule has 0 radical (unpaired) electrons. The van der Waals surface area contributed by atoms with E-state index in [1.807, 2.05) is 30.3 Å². The summed E-state index contributed by atoms with van der Waals surface area (Å²) >= 11 is 0. The molecule has 1 saturated heterocycles. The van der Waals surface area contributed by atoms with E-state index in [1.165, 1.54) is 12.7 Å². The van der Waals surface area contributed by atoms with Gasteiger partial charge in [0.25, 0.3) is 0 Å². The second-order valence-corrected chi connectivity index (χ2v) is 7.59. The van der Waals surface area contributed by atoms with E-state index in [0.717, 1.165) is 61.5 Å². The maximum Gasteiger partial charge on any atom is 0.325 e. The van der Waals surface area contributed by atoms with E-state index in [0.29, 0.717) is 6.54 Å². The van der Waals surface area contributed by atoms with E-state index < -0.39 is 5.97 Å². The highest BCUT2D eigenvalue weighted by Crippen LogP contribution is 2.33. The van der Waals surface area contributed by atoms with Crippen molar-refractivity contribution in [2.75, 3.05) is 31.6 Å². The first-order chi connectivity index (χ1) is 14.2. The van der Waals surface area contributed by atoms with Gasteiger partial charge in [0.05, 0.1) is 13.0 Å². The lowest BCUT2D eigenvalue weighted by Gasteiger charge is -2.34. The van der Waals surface area contributed by atoms with Crippen LogP contribution in [0.4, 0.5) is 5.82 Å². The molecule has 0 unspecified atom stereocenters. The number of nitrogens with one attached hydrogen (secondary N) is 1. The highest BCUT2D eigenvalue weighted by molar-refractivity contribution is 5.84. The van der Waals surface area contributed by atoms with Crippen molar-refractivity contribution in [1.82, 2.24) is 15.3 Å². The number of nitrogens with zero attached hydrogens (tertiary/aromatic N) is 3. The molecule has 1 aromatic carbocycles. The summed E-state index contributed by atoms with van der Waals surface area (Å²) in [4.78, 5) is 35.8. The molecular formula is C22H26N4O3. The van der Waals surface area contributed by atoms with Crippen molar-refractivity contribution in [2.45, 2.75) is 32.1 Å². The SMILES string of the molecule is COC(=O)CNC(=O)[C@H]1CCCN(c2nc(-c3ccccc3)nc3c2CCC3)C1. The first-order valence-electron chi connectivity index (χ1n) is 10.2. The Bertz CT molecular complexity index is 900. The van der Waals surface area contributed by atoms with E-state index >= 15 is 0 Å². The van der Waals surface area contributed by atoms with Crippen LogP contribution in [0.3, 0.4) is 0 Å². The fourth-order valence-corrected chi connectivity index (χ4v) is 4.15. The summed E-state index contributed by atoms with van der Waals surface area (Å²) in [6.07, 6.45) is 4.77. The molecule has 2 aliphatic rings. The molecule has 7 nitrogen and oxygen atoms in total. The summed E-state index contributed by atoms with van der Waals surface area (Å²) < 4.78 is 4.60. The Morgan fingerprint density at radius 1 is 1.17 bits per heavy atom. The Labute approximate surface area is 170 Å². The van der Waals surface area contributed by atoms with Crippen molar-refractivity contribution in [3.63, 3.8) is 0 Å². The van der Waals surface area contributed by atoms with Crippen LogP contribution in [0.25, 0.3) is 11.4 Å². The van der Waals surface area contributed by atoms with Gasteiger partial charge >= 0.3 is 5.97 Å². The minimum Gasteiger partial charge on any atom is -0.468 e. The zero-order chi connectivity index (χ0) is 20.2. The maximum atomic E-state index is 12.5. The summed E-state index contributed by atoms with van der Waals surface area (Å²) in [5.74, 6) is 1.01. The smallest absolute Gasteiger partial charge is 0.325 e. The number of ether oxygens (including phenoxy) is 1. The average Bonchev–Trinajstić information content (AvgIpc) is 3.26. The van der Waals surface area contributed by atoms with Gasteiger partial charge in [0.1, 0.15) is 12.4 Å². The summed E-state index contributed by atoms with van der Waals surface area (Å²) in [5, 5.41) is 2.69. The Balaban J connectivity index is 1.56. The summed E-state index contributed by atoms with van der Waals surface area (Å²) in [6.45, 7) is 1.38. The third-order valence-corrected chi connectivity index (χ3v) is 5.67. The molecule has 1 N–H and O–H groups in total. The fraction of sp³-hybridized carbons (Fsp3) is 0.455. The van der Waals surface area contributed by atoms with E-state index in [9.17, 15) is 9.59 Å². The molecule has 1 aliphatic carbocycles. The number of hydrogen-bond acceptors (Lipinski definition) is 6. The zero-order valence-electron chi connectivity index (χ0n) is 16.7. The van der Waals surface area contributed by atoms with E-state index in [-0.39, 0.29) is 18.4 Å². The van der Waals surface area contributed by atoms with Gasteiger partial charge in [-0.15, -0.1) is 0 Å². The van der Waals surface area contributed by atoms with Crippen LogP contribution in [0, 0.1) is 5.92 Å². The molecule has 1 atom stereocenters. The van der Waals surface area contributed by atoms with Gasteiger partial charge < -0.3 is 15.0 Å². The molecule has 1 amide bonds. The molecule has 4 rings (SSSR count). The van der Waals surface area contributed by atoms with Crippen LogP contribution in [0.2, 0.25) is 0 Å². The van der Waals surface area contributed by atoms with E-state index in [1.54, 1.807) is 0 Å². The lowest BCUT2D eigenvalue weighted by atomic mass is 9.96. The van der Waals surface area contributed by atoms with Gasteiger partial charge in [-0.05, 0) is 32.1 Å². The number of aromatic nitrogens is 2. The topological polar surface area (TPSA) is 84.4 Å². The Kier molecular flexibility index (Phi) is 5.74. The van der Waals surface area contributed by atoms with E-state index in [4.69, 9.17) is 9.97 Å². The molecule has 7 heteroatoms. The first kappa shape index (κ1) is 19.4. The van der Waals surface area contributed by atoms with Gasteiger partial charge in [-0.3, -0.25) is 9.59 Å². The number of esters is 1. The number of carbonyl (C=O) groups excluding carboxylic acids is 2. The number of anilines is 1. The van der Waals surface area contributed by atoms with Crippen LogP contribution in [0.5, 0.6) is 0 Å².